The quantitative estimate of drug-likeness (QED) is 0.573. The van der Waals surface area contributed by atoms with Crippen molar-refractivity contribution >= 4 is 21.6 Å². The van der Waals surface area contributed by atoms with Crippen LogP contribution in [0, 0.1) is 0 Å². The van der Waals surface area contributed by atoms with Gasteiger partial charge in [0, 0.05) is 25.0 Å². The van der Waals surface area contributed by atoms with Crippen molar-refractivity contribution in [1.29, 1.82) is 0 Å². The van der Waals surface area contributed by atoms with Crippen LogP contribution in [0.1, 0.15) is 15.9 Å². The standard InChI is InChI=1S/C21H21N3O5S/c1-28-16-9-10-19(29-2)20(12-16)30(26,27)24-18-8-4-3-7-17(18)21(25)23-14-15-6-5-11-22-13-15/h3-13,24H,14H2,1-2H3,(H,23,25). The van der Waals surface area contributed by atoms with E-state index < -0.39 is 15.9 Å². The second kappa shape index (κ2) is 9.27. The molecule has 3 aromatic rings. The van der Waals surface area contributed by atoms with Crippen molar-refractivity contribution in [2.75, 3.05) is 18.9 Å². The van der Waals surface area contributed by atoms with Gasteiger partial charge in [0.05, 0.1) is 25.5 Å². The van der Waals surface area contributed by atoms with Gasteiger partial charge in [0.1, 0.15) is 16.4 Å². The smallest absolute Gasteiger partial charge is 0.265 e. The molecule has 0 spiro atoms. The van der Waals surface area contributed by atoms with Gasteiger partial charge in [-0.15, -0.1) is 0 Å². The summed E-state index contributed by atoms with van der Waals surface area (Å²) in [6.07, 6.45) is 3.28. The fourth-order valence-electron chi connectivity index (χ4n) is 2.74. The lowest BCUT2D eigenvalue weighted by atomic mass is 10.1. The highest BCUT2D eigenvalue weighted by Gasteiger charge is 2.23. The van der Waals surface area contributed by atoms with Gasteiger partial charge in [-0.1, -0.05) is 18.2 Å². The van der Waals surface area contributed by atoms with Gasteiger partial charge in [-0.2, -0.15) is 0 Å². The first kappa shape index (κ1) is 21.1. The Balaban J connectivity index is 1.86. The van der Waals surface area contributed by atoms with Gasteiger partial charge in [-0.05, 0) is 35.9 Å². The van der Waals surface area contributed by atoms with Crippen molar-refractivity contribution in [3.8, 4) is 11.5 Å². The molecule has 0 unspecified atom stereocenters. The Morgan fingerprint density at radius 3 is 2.53 bits per heavy atom. The maximum absolute atomic E-state index is 13.0. The summed E-state index contributed by atoms with van der Waals surface area (Å²) >= 11 is 0. The average molecular weight is 427 g/mol. The lowest BCUT2D eigenvalue weighted by molar-refractivity contribution is 0.0952. The van der Waals surface area contributed by atoms with Crippen LogP contribution in [-0.4, -0.2) is 33.5 Å². The Labute approximate surface area is 174 Å². The van der Waals surface area contributed by atoms with Crippen LogP contribution in [0.4, 0.5) is 5.69 Å². The molecule has 0 fully saturated rings. The fourth-order valence-corrected chi connectivity index (χ4v) is 4.01. The molecular formula is C21H21N3O5S. The molecule has 2 aromatic carbocycles. The van der Waals surface area contributed by atoms with Gasteiger partial charge in [-0.25, -0.2) is 8.42 Å². The normalized spacial score (nSPS) is 10.9. The van der Waals surface area contributed by atoms with Gasteiger partial charge in [-0.3, -0.25) is 14.5 Å². The number of anilines is 1. The number of amides is 1. The molecule has 156 valence electrons. The van der Waals surface area contributed by atoms with Crippen molar-refractivity contribution in [3.05, 3.63) is 78.1 Å². The number of para-hydroxylation sites is 1. The number of hydrogen-bond acceptors (Lipinski definition) is 6. The van der Waals surface area contributed by atoms with E-state index in [1.54, 1.807) is 42.7 Å². The summed E-state index contributed by atoms with van der Waals surface area (Å²) in [4.78, 5) is 16.6. The predicted octanol–water partition coefficient (Wildman–Crippen LogP) is 2.83. The van der Waals surface area contributed by atoms with Crippen LogP contribution in [-0.2, 0) is 16.6 Å². The molecule has 0 saturated heterocycles. The molecular weight excluding hydrogens is 406 g/mol. The lowest BCUT2D eigenvalue weighted by Gasteiger charge is -2.15. The number of carbonyl (C=O) groups is 1. The SMILES string of the molecule is COc1ccc(OC)c(S(=O)(=O)Nc2ccccc2C(=O)NCc2cccnc2)c1. The maximum Gasteiger partial charge on any atom is 0.265 e. The number of pyridine rings is 1. The minimum absolute atomic E-state index is 0.102. The van der Waals surface area contributed by atoms with Crippen molar-refractivity contribution in [3.63, 3.8) is 0 Å². The molecule has 0 atom stereocenters. The minimum Gasteiger partial charge on any atom is -0.497 e. The molecule has 8 nitrogen and oxygen atoms in total. The van der Waals surface area contributed by atoms with Crippen LogP contribution < -0.4 is 19.5 Å². The van der Waals surface area contributed by atoms with Gasteiger partial charge < -0.3 is 14.8 Å². The third-order valence-electron chi connectivity index (χ3n) is 4.25. The number of nitrogens with one attached hydrogen (secondary N) is 2. The zero-order valence-corrected chi connectivity index (χ0v) is 17.3. The molecule has 9 heteroatoms. The number of rotatable bonds is 8. The number of nitrogens with zero attached hydrogens (tertiary/aromatic N) is 1. The Morgan fingerprint density at radius 1 is 1.03 bits per heavy atom. The van der Waals surface area contributed by atoms with E-state index in [1.807, 2.05) is 6.07 Å². The van der Waals surface area contributed by atoms with E-state index in [2.05, 4.69) is 15.0 Å². The van der Waals surface area contributed by atoms with E-state index in [0.29, 0.717) is 5.75 Å². The minimum atomic E-state index is -4.06. The zero-order valence-electron chi connectivity index (χ0n) is 16.5. The molecule has 0 radical (unpaired) electrons. The Morgan fingerprint density at radius 2 is 1.83 bits per heavy atom. The third-order valence-corrected chi connectivity index (χ3v) is 5.64. The van der Waals surface area contributed by atoms with Crippen molar-refractivity contribution in [2.45, 2.75) is 11.4 Å². The van der Waals surface area contributed by atoms with Crippen LogP contribution in [0.25, 0.3) is 0 Å². The number of sulfonamides is 1. The van der Waals surface area contributed by atoms with Gasteiger partial charge in [0.2, 0.25) is 0 Å². The topological polar surface area (TPSA) is 107 Å². The van der Waals surface area contributed by atoms with E-state index in [9.17, 15) is 13.2 Å². The summed E-state index contributed by atoms with van der Waals surface area (Å²) < 4.78 is 38.8. The highest BCUT2D eigenvalue weighted by atomic mass is 32.2. The lowest BCUT2D eigenvalue weighted by Crippen LogP contribution is -2.25. The summed E-state index contributed by atoms with van der Waals surface area (Å²) in [5.74, 6) is 0.0928. The molecule has 3 rings (SSSR count). The molecule has 0 aliphatic carbocycles. The molecule has 0 aliphatic heterocycles. The van der Waals surface area contributed by atoms with E-state index >= 15 is 0 Å². The molecule has 30 heavy (non-hydrogen) atoms. The van der Waals surface area contributed by atoms with Crippen LogP contribution in [0.3, 0.4) is 0 Å². The molecule has 2 N–H and O–H groups in total. The molecule has 1 aromatic heterocycles. The van der Waals surface area contributed by atoms with Gasteiger partial charge >= 0.3 is 0 Å². The Bertz CT molecular complexity index is 1130. The summed E-state index contributed by atoms with van der Waals surface area (Å²) in [5, 5.41) is 2.76. The molecule has 1 amide bonds. The number of ether oxygens (including phenoxy) is 2. The summed E-state index contributed by atoms with van der Waals surface area (Å²) in [6.45, 7) is 0.261. The monoisotopic (exact) mass is 427 g/mol. The van der Waals surface area contributed by atoms with E-state index in [0.717, 1.165) is 5.56 Å². The summed E-state index contributed by atoms with van der Waals surface area (Å²) in [5.41, 5.74) is 1.16. The van der Waals surface area contributed by atoms with Crippen molar-refractivity contribution in [1.82, 2.24) is 10.3 Å². The van der Waals surface area contributed by atoms with Crippen molar-refractivity contribution in [2.24, 2.45) is 0 Å². The van der Waals surface area contributed by atoms with E-state index in [1.165, 1.54) is 32.4 Å². The van der Waals surface area contributed by atoms with Crippen LogP contribution in [0.2, 0.25) is 0 Å². The van der Waals surface area contributed by atoms with Gasteiger partial charge in [0.25, 0.3) is 15.9 Å². The first-order chi connectivity index (χ1) is 14.4. The largest absolute Gasteiger partial charge is 0.497 e. The van der Waals surface area contributed by atoms with Crippen LogP contribution in [0.15, 0.2) is 71.9 Å². The number of carbonyl (C=O) groups excluding carboxylic acids is 1. The highest BCUT2D eigenvalue weighted by Crippen LogP contribution is 2.30. The predicted molar refractivity (Wildman–Crippen MR) is 112 cm³/mol. The zero-order chi connectivity index (χ0) is 21.6. The van der Waals surface area contributed by atoms with Crippen LogP contribution in [0.5, 0.6) is 11.5 Å². The van der Waals surface area contributed by atoms with E-state index in [4.69, 9.17) is 9.47 Å². The van der Waals surface area contributed by atoms with Gasteiger partial charge in [0.15, 0.2) is 0 Å². The number of hydrogen-bond donors (Lipinski definition) is 2. The molecule has 0 aliphatic rings. The van der Waals surface area contributed by atoms with Crippen LogP contribution >= 0.6 is 0 Å². The second-order valence-corrected chi connectivity index (χ2v) is 7.86. The number of benzene rings is 2. The third kappa shape index (κ3) is 4.87. The number of methoxy groups -OCH3 is 2. The summed E-state index contributed by atoms with van der Waals surface area (Å²) in [6, 6.07) is 14.4. The Hall–Kier alpha value is -3.59. The fraction of sp³-hybridized carbons (Fsp3) is 0.143. The first-order valence-electron chi connectivity index (χ1n) is 8.95. The molecule has 0 bridgehead atoms. The maximum atomic E-state index is 13.0. The first-order valence-corrected chi connectivity index (χ1v) is 10.4. The molecule has 0 saturated carbocycles. The van der Waals surface area contributed by atoms with E-state index in [-0.39, 0.29) is 28.4 Å². The highest BCUT2D eigenvalue weighted by molar-refractivity contribution is 7.92. The summed E-state index contributed by atoms with van der Waals surface area (Å²) in [7, 11) is -1.24. The average Bonchev–Trinajstić information content (AvgIpc) is 2.77. The number of aromatic nitrogens is 1. The molecule has 1 heterocycles. The Kier molecular flexibility index (Phi) is 6.53. The second-order valence-electron chi connectivity index (χ2n) is 6.21. The van der Waals surface area contributed by atoms with Crippen molar-refractivity contribution < 1.29 is 22.7 Å².